The molecule has 2 aromatic heterocycles. The minimum Gasteiger partial charge on any atom is -0.321 e. The Morgan fingerprint density at radius 3 is 2.41 bits per heavy atom. The number of carbonyl (C=O) groups excluding carboxylic acids is 1. The number of alkyl halides is 6. The molecule has 0 atom stereocenters. The topological polar surface area (TPSA) is 46.9 Å². The van der Waals surface area contributed by atoms with E-state index in [0.29, 0.717) is 6.07 Å². The summed E-state index contributed by atoms with van der Waals surface area (Å²) in [6, 6.07) is 3.78. The summed E-state index contributed by atoms with van der Waals surface area (Å²) in [6.45, 7) is 0. The fourth-order valence-corrected chi connectivity index (χ4v) is 3.57. The Bertz CT molecular complexity index is 1040. The monoisotopic (exact) mass is 427 g/mol. The van der Waals surface area contributed by atoms with Gasteiger partial charge < -0.3 is 5.32 Å². The molecule has 0 unspecified atom stereocenters. The number of anilines is 1. The Morgan fingerprint density at radius 2 is 1.81 bits per heavy atom. The van der Waals surface area contributed by atoms with Gasteiger partial charge >= 0.3 is 12.4 Å². The van der Waals surface area contributed by atoms with E-state index in [2.05, 4.69) is 10.4 Å². The first-order chi connectivity index (χ1) is 12.4. The quantitative estimate of drug-likeness (QED) is 0.543. The van der Waals surface area contributed by atoms with Crippen LogP contribution in [0, 0.1) is 0 Å². The van der Waals surface area contributed by atoms with Gasteiger partial charge in [0.05, 0.1) is 15.5 Å². The van der Waals surface area contributed by atoms with E-state index in [-0.39, 0.29) is 20.8 Å². The second-order valence-electron chi connectivity index (χ2n) is 5.45. The van der Waals surface area contributed by atoms with Crippen molar-refractivity contribution in [3.63, 3.8) is 0 Å². The SMILES string of the molecule is Cn1nc(C(F)(F)F)c2cc(C(=O)Nc3ccc(Cl)c(C(F)(F)F)c3)sc21. The van der Waals surface area contributed by atoms with Crippen molar-refractivity contribution in [1.82, 2.24) is 9.78 Å². The molecule has 0 saturated carbocycles. The maximum Gasteiger partial charge on any atom is 0.435 e. The van der Waals surface area contributed by atoms with Gasteiger partial charge in [0.1, 0.15) is 4.83 Å². The van der Waals surface area contributed by atoms with Crippen molar-refractivity contribution in [2.24, 2.45) is 7.05 Å². The maximum atomic E-state index is 13.0. The number of hydrogen-bond donors (Lipinski definition) is 1. The summed E-state index contributed by atoms with van der Waals surface area (Å²) in [5, 5.41) is 4.82. The number of hydrogen-bond acceptors (Lipinski definition) is 3. The minimum atomic E-state index is -4.72. The molecule has 0 radical (unpaired) electrons. The summed E-state index contributed by atoms with van der Waals surface area (Å²) >= 11 is 6.25. The number of thiophene rings is 1. The van der Waals surface area contributed by atoms with Gasteiger partial charge in [0.25, 0.3) is 5.91 Å². The minimum absolute atomic E-state index is 0.105. The first-order valence-electron chi connectivity index (χ1n) is 7.10. The molecule has 0 fully saturated rings. The van der Waals surface area contributed by atoms with Gasteiger partial charge in [-0.05, 0) is 24.3 Å². The summed E-state index contributed by atoms with van der Waals surface area (Å²) in [6.07, 6.45) is -9.42. The second-order valence-corrected chi connectivity index (χ2v) is 6.88. The van der Waals surface area contributed by atoms with Crippen LogP contribution in [-0.4, -0.2) is 15.7 Å². The van der Waals surface area contributed by atoms with Crippen LogP contribution in [-0.2, 0) is 19.4 Å². The van der Waals surface area contributed by atoms with Crippen LogP contribution in [0.15, 0.2) is 24.3 Å². The smallest absolute Gasteiger partial charge is 0.321 e. The summed E-state index contributed by atoms with van der Waals surface area (Å²) in [4.78, 5) is 12.3. The third-order valence-corrected chi connectivity index (χ3v) is 5.06. The van der Waals surface area contributed by atoms with Gasteiger partial charge in [-0.1, -0.05) is 11.6 Å². The van der Waals surface area contributed by atoms with Crippen LogP contribution in [0.5, 0.6) is 0 Å². The lowest BCUT2D eigenvalue weighted by atomic mass is 10.2. The molecule has 0 bridgehead atoms. The molecule has 0 aliphatic heterocycles. The molecule has 3 aromatic rings. The summed E-state index contributed by atoms with van der Waals surface area (Å²) in [5.41, 5.74) is -2.47. The van der Waals surface area contributed by atoms with Gasteiger partial charge in [-0.2, -0.15) is 31.4 Å². The number of amides is 1. The predicted octanol–water partition coefficient (Wildman–Crippen LogP) is 5.58. The second kappa shape index (κ2) is 6.41. The molecule has 0 aliphatic carbocycles. The van der Waals surface area contributed by atoms with Crippen LogP contribution >= 0.6 is 22.9 Å². The third kappa shape index (κ3) is 3.74. The number of halogens is 7. The molecule has 0 aliphatic rings. The molecule has 1 aromatic carbocycles. The highest BCUT2D eigenvalue weighted by Crippen LogP contribution is 2.38. The van der Waals surface area contributed by atoms with Crippen molar-refractivity contribution < 1.29 is 31.1 Å². The zero-order valence-corrected chi connectivity index (χ0v) is 14.7. The maximum absolute atomic E-state index is 13.0. The van der Waals surface area contributed by atoms with E-state index in [1.165, 1.54) is 7.05 Å². The van der Waals surface area contributed by atoms with Crippen LogP contribution in [0.25, 0.3) is 10.2 Å². The molecular formula is C15H8ClF6N3OS. The molecule has 4 nitrogen and oxygen atoms in total. The Morgan fingerprint density at radius 1 is 1.15 bits per heavy atom. The lowest BCUT2D eigenvalue weighted by Crippen LogP contribution is -2.12. The summed E-state index contributed by atoms with van der Waals surface area (Å²) in [7, 11) is 1.30. The molecule has 0 spiro atoms. The highest BCUT2D eigenvalue weighted by atomic mass is 35.5. The number of carbonyl (C=O) groups is 1. The van der Waals surface area contributed by atoms with Crippen LogP contribution in [0.2, 0.25) is 5.02 Å². The standard InChI is InChI=1S/C15H8ClF6N3OS/c1-25-13-7(11(24-25)15(20,21)22)5-10(27-13)12(26)23-6-2-3-9(16)8(4-6)14(17,18)19/h2-5H,1H3,(H,23,26). The summed E-state index contributed by atoms with van der Waals surface area (Å²) in [5.74, 6) is -0.847. The molecule has 3 rings (SSSR count). The van der Waals surface area contributed by atoms with Crippen molar-refractivity contribution in [2.75, 3.05) is 5.32 Å². The van der Waals surface area contributed by atoms with E-state index in [4.69, 9.17) is 11.6 Å². The first-order valence-corrected chi connectivity index (χ1v) is 8.29. The fourth-order valence-electron chi connectivity index (χ4n) is 2.37. The Kier molecular flexibility index (Phi) is 4.63. The number of nitrogens with zero attached hydrogens (tertiary/aromatic N) is 2. The molecule has 1 N–H and O–H groups in total. The van der Waals surface area contributed by atoms with Gasteiger partial charge in [0.15, 0.2) is 5.69 Å². The van der Waals surface area contributed by atoms with Gasteiger partial charge in [-0.3, -0.25) is 9.48 Å². The van der Waals surface area contributed by atoms with E-state index in [9.17, 15) is 31.1 Å². The Hall–Kier alpha value is -2.27. The van der Waals surface area contributed by atoms with E-state index >= 15 is 0 Å². The van der Waals surface area contributed by atoms with Crippen LogP contribution < -0.4 is 5.32 Å². The van der Waals surface area contributed by atoms with Crippen molar-refractivity contribution in [3.8, 4) is 0 Å². The zero-order chi connectivity index (χ0) is 20.1. The molecule has 144 valence electrons. The van der Waals surface area contributed by atoms with E-state index < -0.39 is 34.5 Å². The van der Waals surface area contributed by atoms with Crippen molar-refractivity contribution >= 4 is 44.7 Å². The largest absolute Gasteiger partial charge is 0.435 e. The highest BCUT2D eigenvalue weighted by molar-refractivity contribution is 7.20. The molecule has 0 saturated heterocycles. The molecule has 27 heavy (non-hydrogen) atoms. The van der Waals surface area contributed by atoms with Crippen molar-refractivity contribution in [1.29, 1.82) is 0 Å². The predicted molar refractivity (Wildman–Crippen MR) is 88.0 cm³/mol. The highest BCUT2D eigenvalue weighted by Gasteiger charge is 2.37. The van der Waals surface area contributed by atoms with Gasteiger partial charge in [-0.15, -0.1) is 11.3 Å². The van der Waals surface area contributed by atoms with Crippen molar-refractivity contribution in [3.05, 3.63) is 45.4 Å². The number of aromatic nitrogens is 2. The van der Waals surface area contributed by atoms with E-state index in [0.717, 1.165) is 34.2 Å². The molecular weight excluding hydrogens is 420 g/mol. The van der Waals surface area contributed by atoms with E-state index in [1.807, 2.05) is 0 Å². The molecule has 12 heteroatoms. The first kappa shape index (κ1) is 19.5. The van der Waals surface area contributed by atoms with Gasteiger partial charge in [0, 0.05) is 18.1 Å². The van der Waals surface area contributed by atoms with Crippen LogP contribution in [0.3, 0.4) is 0 Å². The van der Waals surface area contributed by atoms with Crippen LogP contribution in [0.4, 0.5) is 32.0 Å². The van der Waals surface area contributed by atoms with Gasteiger partial charge in [0.2, 0.25) is 0 Å². The summed E-state index contributed by atoms with van der Waals surface area (Å²) < 4.78 is 78.6. The Labute approximate surface area is 156 Å². The normalized spacial score (nSPS) is 12.6. The number of nitrogens with one attached hydrogen (secondary N) is 1. The number of aryl methyl sites for hydroxylation is 1. The van der Waals surface area contributed by atoms with Crippen LogP contribution in [0.1, 0.15) is 20.9 Å². The Balaban J connectivity index is 1.94. The molecule has 2 heterocycles. The van der Waals surface area contributed by atoms with Gasteiger partial charge in [-0.25, -0.2) is 0 Å². The average Bonchev–Trinajstić information content (AvgIpc) is 3.08. The number of rotatable bonds is 2. The average molecular weight is 428 g/mol. The molecule has 1 amide bonds. The lowest BCUT2D eigenvalue weighted by molar-refractivity contribution is -0.140. The third-order valence-electron chi connectivity index (χ3n) is 3.53. The van der Waals surface area contributed by atoms with Crippen molar-refractivity contribution in [2.45, 2.75) is 12.4 Å². The number of fused-ring (bicyclic) bond motifs is 1. The zero-order valence-electron chi connectivity index (χ0n) is 13.2. The fraction of sp³-hybridized carbons (Fsp3) is 0.200. The van der Waals surface area contributed by atoms with E-state index in [1.54, 1.807) is 0 Å². The number of benzene rings is 1. The lowest BCUT2D eigenvalue weighted by Gasteiger charge is -2.11.